The lowest BCUT2D eigenvalue weighted by Gasteiger charge is -2.42. The predicted molar refractivity (Wildman–Crippen MR) is 75.5 cm³/mol. The van der Waals surface area contributed by atoms with Crippen LogP contribution in [-0.4, -0.2) is 23.9 Å². The second-order valence-electron chi connectivity index (χ2n) is 6.07. The SMILES string of the molecule is NCC1(CC(=O)N2CCc3ccccc3C2)CCC1. The zero-order valence-electron chi connectivity index (χ0n) is 11.4. The maximum atomic E-state index is 12.4. The number of carbonyl (C=O) groups excluding carboxylic acids is 1. The van der Waals surface area contributed by atoms with Crippen molar-refractivity contribution in [3.63, 3.8) is 0 Å². The first-order valence-corrected chi connectivity index (χ1v) is 7.27. The van der Waals surface area contributed by atoms with E-state index in [1.54, 1.807) is 0 Å². The molecule has 0 radical (unpaired) electrons. The molecule has 3 rings (SSSR count). The van der Waals surface area contributed by atoms with E-state index in [9.17, 15) is 4.79 Å². The van der Waals surface area contributed by atoms with E-state index in [0.29, 0.717) is 18.9 Å². The third kappa shape index (κ3) is 2.39. The number of amides is 1. The molecule has 0 aromatic heterocycles. The highest BCUT2D eigenvalue weighted by Crippen LogP contribution is 2.43. The number of fused-ring (bicyclic) bond motifs is 1. The van der Waals surface area contributed by atoms with Crippen molar-refractivity contribution in [1.29, 1.82) is 0 Å². The van der Waals surface area contributed by atoms with Crippen LogP contribution < -0.4 is 5.73 Å². The van der Waals surface area contributed by atoms with Gasteiger partial charge >= 0.3 is 0 Å². The molecule has 0 unspecified atom stereocenters. The van der Waals surface area contributed by atoms with Crippen LogP contribution in [0.15, 0.2) is 24.3 Å². The van der Waals surface area contributed by atoms with Crippen molar-refractivity contribution in [3.05, 3.63) is 35.4 Å². The van der Waals surface area contributed by atoms with Crippen LogP contribution in [0.3, 0.4) is 0 Å². The Morgan fingerprint density at radius 1 is 1.26 bits per heavy atom. The van der Waals surface area contributed by atoms with E-state index in [2.05, 4.69) is 24.3 Å². The molecule has 102 valence electrons. The summed E-state index contributed by atoms with van der Waals surface area (Å²) in [6.07, 6.45) is 5.11. The van der Waals surface area contributed by atoms with Crippen molar-refractivity contribution in [1.82, 2.24) is 4.90 Å². The Kier molecular flexibility index (Phi) is 3.31. The van der Waals surface area contributed by atoms with E-state index >= 15 is 0 Å². The Morgan fingerprint density at radius 3 is 2.63 bits per heavy atom. The van der Waals surface area contributed by atoms with E-state index in [-0.39, 0.29) is 5.41 Å². The first-order chi connectivity index (χ1) is 9.22. The molecule has 0 saturated heterocycles. The Balaban J connectivity index is 1.66. The molecular formula is C16H22N2O. The average molecular weight is 258 g/mol. The fourth-order valence-electron chi connectivity index (χ4n) is 3.27. The number of benzene rings is 1. The highest BCUT2D eigenvalue weighted by atomic mass is 16.2. The summed E-state index contributed by atoms with van der Waals surface area (Å²) in [5, 5.41) is 0. The molecule has 1 aromatic rings. The van der Waals surface area contributed by atoms with Gasteiger partial charge in [0.05, 0.1) is 0 Å². The molecule has 1 aliphatic carbocycles. The summed E-state index contributed by atoms with van der Waals surface area (Å²) in [7, 11) is 0. The van der Waals surface area contributed by atoms with E-state index < -0.39 is 0 Å². The van der Waals surface area contributed by atoms with Gasteiger partial charge in [-0.15, -0.1) is 0 Å². The third-order valence-corrected chi connectivity index (χ3v) is 4.86. The van der Waals surface area contributed by atoms with Gasteiger partial charge in [-0.25, -0.2) is 0 Å². The minimum atomic E-state index is 0.119. The number of rotatable bonds is 3. The Labute approximate surface area is 114 Å². The summed E-state index contributed by atoms with van der Waals surface area (Å²) in [6.45, 7) is 2.29. The van der Waals surface area contributed by atoms with Crippen LogP contribution >= 0.6 is 0 Å². The standard InChI is InChI=1S/C16H22N2O/c17-12-16(7-3-8-16)10-15(19)18-9-6-13-4-1-2-5-14(13)11-18/h1-2,4-5H,3,6-12,17H2. The van der Waals surface area contributed by atoms with Gasteiger partial charge in [0.15, 0.2) is 0 Å². The predicted octanol–water partition coefficient (Wildman–Crippen LogP) is 2.09. The zero-order valence-corrected chi connectivity index (χ0v) is 11.4. The van der Waals surface area contributed by atoms with Crippen molar-refractivity contribution >= 4 is 5.91 Å². The number of nitrogens with zero attached hydrogens (tertiary/aromatic N) is 1. The molecule has 1 heterocycles. The Hall–Kier alpha value is -1.35. The van der Waals surface area contributed by atoms with E-state index in [1.165, 1.54) is 17.5 Å². The van der Waals surface area contributed by atoms with E-state index in [1.807, 2.05) is 4.90 Å². The molecule has 1 aromatic carbocycles. The molecule has 2 aliphatic rings. The van der Waals surface area contributed by atoms with Gasteiger partial charge in [-0.05, 0) is 42.3 Å². The molecule has 1 saturated carbocycles. The molecule has 3 heteroatoms. The quantitative estimate of drug-likeness (QED) is 0.902. The molecule has 1 amide bonds. The fraction of sp³-hybridized carbons (Fsp3) is 0.562. The topological polar surface area (TPSA) is 46.3 Å². The average Bonchev–Trinajstić information content (AvgIpc) is 2.42. The molecule has 3 nitrogen and oxygen atoms in total. The summed E-state index contributed by atoms with van der Waals surface area (Å²) in [5.41, 5.74) is 8.67. The highest BCUT2D eigenvalue weighted by molar-refractivity contribution is 5.77. The summed E-state index contributed by atoms with van der Waals surface area (Å²) < 4.78 is 0. The van der Waals surface area contributed by atoms with Gasteiger partial charge < -0.3 is 10.6 Å². The molecule has 19 heavy (non-hydrogen) atoms. The lowest BCUT2D eigenvalue weighted by molar-refractivity contribution is -0.136. The normalized spacial score (nSPS) is 20.6. The smallest absolute Gasteiger partial charge is 0.223 e. The second kappa shape index (κ2) is 4.97. The van der Waals surface area contributed by atoms with Gasteiger partial charge in [-0.2, -0.15) is 0 Å². The number of hydrogen-bond acceptors (Lipinski definition) is 2. The van der Waals surface area contributed by atoms with Crippen LogP contribution in [0.25, 0.3) is 0 Å². The van der Waals surface area contributed by atoms with Crippen molar-refractivity contribution < 1.29 is 4.79 Å². The number of nitrogens with two attached hydrogens (primary N) is 1. The van der Waals surface area contributed by atoms with Crippen molar-refractivity contribution in [2.24, 2.45) is 11.1 Å². The van der Waals surface area contributed by atoms with E-state index in [0.717, 1.165) is 32.4 Å². The summed E-state index contributed by atoms with van der Waals surface area (Å²) in [6, 6.07) is 8.44. The minimum absolute atomic E-state index is 0.119. The van der Waals surface area contributed by atoms with Gasteiger partial charge in [-0.3, -0.25) is 4.79 Å². The van der Waals surface area contributed by atoms with E-state index in [4.69, 9.17) is 5.73 Å². The highest BCUT2D eigenvalue weighted by Gasteiger charge is 2.38. The Morgan fingerprint density at radius 2 is 2.00 bits per heavy atom. The van der Waals surface area contributed by atoms with Crippen molar-refractivity contribution in [3.8, 4) is 0 Å². The summed E-state index contributed by atoms with van der Waals surface area (Å²) in [5.74, 6) is 0.291. The molecule has 2 N–H and O–H groups in total. The van der Waals surface area contributed by atoms with Crippen LogP contribution in [0.4, 0.5) is 0 Å². The van der Waals surface area contributed by atoms with Gasteiger partial charge in [-0.1, -0.05) is 30.7 Å². The van der Waals surface area contributed by atoms with Crippen LogP contribution in [0, 0.1) is 5.41 Å². The van der Waals surface area contributed by atoms with Crippen LogP contribution in [0.1, 0.15) is 36.8 Å². The van der Waals surface area contributed by atoms with Crippen LogP contribution in [-0.2, 0) is 17.8 Å². The number of carbonyl (C=O) groups is 1. The lowest BCUT2D eigenvalue weighted by atomic mass is 9.66. The van der Waals surface area contributed by atoms with Crippen LogP contribution in [0.5, 0.6) is 0 Å². The first kappa shape index (κ1) is 12.7. The maximum absolute atomic E-state index is 12.4. The van der Waals surface area contributed by atoms with Crippen molar-refractivity contribution in [2.45, 2.75) is 38.6 Å². The van der Waals surface area contributed by atoms with Gasteiger partial charge in [0.25, 0.3) is 0 Å². The third-order valence-electron chi connectivity index (χ3n) is 4.86. The minimum Gasteiger partial charge on any atom is -0.338 e. The zero-order chi connectivity index (χ0) is 13.3. The van der Waals surface area contributed by atoms with Crippen LogP contribution in [0.2, 0.25) is 0 Å². The lowest BCUT2D eigenvalue weighted by Crippen LogP contribution is -2.44. The molecular weight excluding hydrogens is 236 g/mol. The van der Waals surface area contributed by atoms with Gasteiger partial charge in [0.1, 0.15) is 0 Å². The molecule has 1 fully saturated rings. The first-order valence-electron chi connectivity index (χ1n) is 7.27. The van der Waals surface area contributed by atoms with Gasteiger partial charge in [0.2, 0.25) is 5.91 Å². The summed E-state index contributed by atoms with van der Waals surface area (Å²) in [4.78, 5) is 14.5. The monoisotopic (exact) mass is 258 g/mol. The van der Waals surface area contributed by atoms with Crippen molar-refractivity contribution in [2.75, 3.05) is 13.1 Å². The largest absolute Gasteiger partial charge is 0.338 e. The fourth-order valence-corrected chi connectivity index (χ4v) is 3.27. The molecule has 0 atom stereocenters. The Bertz CT molecular complexity index is 474. The molecule has 0 bridgehead atoms. The maximum Gasteiger partial charge on any atom is 0.223 e. The summed E-state index contributed by atoms with van der Waals surface area (Å²) >= 11 is 0. The molecule has 0 spiro atoms. The number of hydrogen-bond donors (Lipinski definition) is 1. The second-order valence-corrected chi connectivity index (χ2v) is 6.07. The van der Waals surface area contributed by atoms with Gasteiger partial charge in [0, 0.05) is 19.5 Å². The molecule has 1 aliphatic heterocycles.